The second-order valence-electron chi connectivity index (χ2n) is 6.65. The molecule has 0 spiro atoms. The van der Waals surface area contributed by atoms with Crippen molar-refractivity contribution in [1.82, 2.24) is 4.90 Å². The van der Waals surface area contributed by atoms with Crippen molar-refractivity contribution in [2.24, 2.45) is 5.41 Å². The molecule has 0 aromatic carbocycles. The van der Waals surface area contributed by atoms with Crippen molar-refractivity contribution in [3.05, 3.63) is 29.0 Å². The van der Waals surface area contributed by atoms with Crippen molar-refractivity contribution in [2.75, 3.05) is 13.2 Å². The van der Waals surface area contributed by atoms with Crippen LogP contribution in [0, 0.1) is 5.41 Å². The third-order valence-corrected chi connectivity index (χ3v) is 3.69. The Morgan fingerprint density at radius 3 is 2.57 bits per heavy atom. The number of carbonyl (C=O) groups excluding carboxylic acids is 1. The predicted molar refractivity (Wildman–Crippen MR) is 86.8 cm³/mol. The molecule has 118 valence electrons. The van der Waals surface area contributed by atoms with E-state index < -0.39 is 0 Å². The number of hydrogen-bond acceptors (Lipinski definition) is 2. The normalized spacial score (nSPS) is 18.2. The average Bonchev–Trinajstić information content (AvgIpc) is 2.86. The highest BCUT2D eigenvalue weighted by molar-refractivity contribution is 5.73. The highest BCUT2D eigenvalue weighted by atomic mass is 16.5. The van der Waals surface area contributed by atoms with E-state index in [0.29, 0.717) is 13.2 Å². The van der Waals surface area contributed by atoms with Gasteiger partial charge in [-0.15, -0.1) is 5.73 Å². The van der Waals surface area contributed by atoms with Crippen LogP contribution in [-0.2, 0) is 9.53 Å². The number of carbonyl (C=O) groups is 1. The first-order chi connectivity index (χ1) is 9.74. The molecule has 0 aromatic heterocycles. The van der Waals surface area contributed by atoms with Gasteiger partial charge in [0.2, 0.25) is 5.91 Å². The Morgan fingerprint density at radius 1 is 1.33 bits per heavy atom. The molecule has 1 aliphatic rings. The molecule has 3 heteroatoms. The van der Waals surface area contributed by atoms with Crippen LogP contribution in [0.15, 0.2) is 29.0 Å². The van der Waals surface area contributed by atoms with Gasteiger partial charge in [0.1, 0.15) is 6.23 Å². The van der Waals surface area contributed by atoms with Crippen LogP contribution in [0.4, 0.5) is 0 Å². The molecule has 21 heavy (non-hydrogen) atoms. The van der Waals surface area contributed by atoms with Gasteiger partial charge >= 0.3 is 0 Å². The first kappa shape index (κ1) is 17.7. The summed E-state index contributed by atoms with van der Waals surface area (Å²) in [7, 11) is 0. The Bertz CT molecular complexity index is 464. The van der Waals surface area contributed by atoms with Crippen molar-refractivity contribution >= 4 is 5.91 Å². The fourth-order valence-electron chi connectivity index (χ4n) is 2.44. The number of nitrogens with zero attached hydrogens (tertiary/aromatic N) is 1. The summed E-state index contributed by atoms with van der Waals surface area (Å²) in [6.45, 7) is 13.4. The molecule has 0 radical (unpaired) electrons. The summed E-state index contributed by atoms with van der Waals surface area (Å²) < 4.78 is 5.75. The van der Waals surface area contributed by atoms with E-state index in [4.69, 9.17) is 4.74 Å². The van der Waals surface area contributed by atoms with Gasteiger partial charge < -0.3 is 9.64 Å². The standard InChI is InChI=1S/C18H29NO2/c1-14(2)8-7-9-15(3)10-11-18(5,6)17-19(16(4)20)12-13-21-17/h8,11,17H,7,9,12-13H2,1-6H3. The molecular weight excluding hydrogens is 262 g/mol. The zero-order valence-electron chi connectivity index (χ0n) is 14.3. The fourth-order valence-corrected chi connectivity index (χ4v) is 2.44. The van der Waals surface area contributed by atoms with E-state index in [1.807, 2.05) is 0 Å². The molecule has 1 atom stereocenters. The number of hydrogen-bond donors (Lipinski definition) is 0. The van der Waals surface area contributed by atoms with Gasteiger partial charge in [0.05, 0.1) is 6.61 Å². The molecule has 0 aliphatic carbocycles. The first-order valence-corrected chi connectivity index (χ1v) is 7.69. The Labute approximate surface area is 129 Å². The zero-order valence-corrected chi connectivity index (χ0v) is 14.3. The van der Waals surface area contributed by atoms with E-state index in [0.717, 1.165) is 12.8 Å². The SMILES string of the molecule is CC(=O)N1CCOC1C(C)(C)C=C=C(C)CCC=C(C)C. The highest BCUT2D eigenvalue weighted by Crippen LogP contribution is 2.31. The second kappa shape index (κ2) is 7.63. The van der Waals surface area contributed by atoms with Crippen molar-refractivity contribution < 1.29 is 9.53 Å². The van der Waals surface area contributed by atoms with E-state index in [-0.39, 0.29) is 17.6 Å². The topological polar surface area (TPSA) is 29.5 Å². The van der Waals surface area contributed by atoms with E-state index in [1.165, 1.54) is 11.1 Å². The summed E-state index contributed by atoms with van der Waals surface area (Å²) in [5.74, 6) is 0.0724. The van der Waals surface area contributed by atoms with Gasteiger partial charge in [-0.25, -0.2) is 0 Å². The van der Waals surface area contributed by atoms with E-state index in [9.17, 15) is 4.79 Å². The van der Waals surface area contributed by atoms with Crippen LogP contribution in [0.5, 0.6) is 0 Å². The Balaban J connectivity index is 2.76. The van der Waals surface area contributed by atoms with Crippen molar-refractivity contribution in [1.29, 1.82) is 0 Å². The molecule has 0 bridgehead atoms. The van der Waals surface area contributed by atoms with Crippen LogP contribution >= 0.6 is 0 Å². The summed E-state index contributed by atoms with van der Waals surface area (Å²) in [4.78, 5) is 13.4. The molecule has 0 saturated carbocycles. The van der Waals surface area contributed by atoms with Gasteiger partial charge in [-0.05, 0) is 45.3 Å². The number of ether oxygens (including phenoxy) is 1. The average molecular weight is 291 g/mol. The van der Waals surface area contributed by atoms with E-state index in [2.05, 4.69) is 52.5 Å². The molecule has 0 N–H and O–H groups in total. The van der Waals surface area contributed by atoms with Gasteiger partial charge in [0.15, 0.2) is 0 Å². The molecule has 3 nitrogen and oxygen atoms in total. The lowest BCUT2D eigenvalue weighted by atomic mass is 9.90. The summed E-state index contributed by atoms with van der Waals surface area (Å²) in [6.07, 6.45) is 6.17. The number of rotatable bonds is 5. The third-order valence-electron chi connectivity index (χ3n) is 3.69. The lowest BCUT2D eigenvalue weighted by molar-refractivity contribution is -0.138. The van der Waals surface area contributed by atoms with Crippen LogP contribution in [-0.4, -0.2) is 30.2 Å². The van der Waals surface area contributed by atoms with Gasteiger partial charge in [-0.3, -0.25) is 4.79 Å². The minimum absolute atomic E-state index is 0.0724. The molecule has 1 heterocycles. The van der Waals surface area contributed by atoms with Crippen LogP contribution in [0.25, 0.3) is 0 Å². The number of allylic oxidation sites excluding steroid dienone is 2. The smallest absolute Gasteiger partial charge is 0.221 e. The lowest BCUT2D eigenvalue weighted by Crippen LogP contribution is -2.43. The predicted octanol–water partition coefficient (Wildman–Crippen LogP) is 4.07. The Hall–Kier alpha value is -1.31. The monoisotopic (exact) mass is 291 g/mol. The van der Waals surface area contributed by atoms with Crippen molar-refractivity contribution in [3.8, 4) is 0 Å². The van der Waals surface area contributed by atoms with Crippen LogP contribution in [0.1, 0.15) is 54.4 Å². The minimum atomic E-state index is -0.236. The largest absolute Gasteiger partial charge is 0.356 e. The zero-order chi connectivity index (χ0) is 16.0. The third kappa shape index (κ3) is 5.53. The summed E-state index contributed by atoms with van der Waals surface area (Å²) in [6, 6.07) is 0. The van der Waals surface area contributed by atoms with Gasteiger partial charge in [0.25, 0.3) is 0 Å². The van der Waals surface area contributed by atoms with E-state index >= 15 is 0 Å². The van der Waals surface area contributed by atoms with Crippen molar-refractivity contribution in [3.63, 3.8) is 0 Å². The maximum absolute atomic E-state index is 11.6. The minimum Gasteiger partial charge on any atom is -0.356 e. The summed E-state index contributed by atoms with van der Waals surface area (Å²) in [5, 5.41) is 0. The molecule has 1 fully saturated rings. The highest BCUT2D eigenvalue weighted by Gasteiger charge is 2.38. The summed E-state index contributed by atoms with van der Waals surface area (Å²) in [5.41, 5.74) is 5.72. The quantitative estimate of drug-likeness (QED) is 0.564. The number of amides is 1. The molecule has 1 aliphatic heterocycles. The molecule has 1 amide bonds. The van der Waals surface area contributed by atoms with Crippen LogP contribution in [0.3, 0.4) is 0 Å². The molecule has 0 aromatic rings. The van der Waals surface area contributed by atoms with Crippen molar-refractivity contribution in [2.45, 2.75) is 60.6 Å². The van der Waals surface area contributed by atoms with Gasteiger partial charge in [0, 0.05) is 18.9 Å². The maximum Gasteiger partial charge on any atom is 0.221 e. The van der Waals surface area contributed by atoms with Crippen LogP contribution < -0.4 is 0 Å². The second-order valence-corrected chi connectivity index (χ2v) is 6.65. The first-order valence-electron chi connectivity index (χ1n) is 7.69. The van der Waals surface area contributed by atoms with Gasteiger partial charge in [-0.2, -0.15) is 0 Å². The Kier molecular flexibility index (Phi) is 6.44. The van der Waals surface area contributed by atoms with Crippen LogP contribution in [0.2, 0.25) is 0 Å². The maximum atomic E-state index is 11.6. The lowest BCUT2D eigenvalue weighted by Gasteiger charge is -2.33. The van der Waals surface area contributed by atoms with Gasteiger partial charge in [-0.1, -0.05) is 25.5 Å². The van der Waals surface area contributed by atoms with E-state index in [1.54, 1.807) is 11.8 Å². The molecule has 1 unspecified atom stereocenters. The summed E-state index contributed by atoms with van der Waals surface area (Å²) >= 11 is 0. The molecular formula is C18H29NO2. The fraction of sp³-hybridized carbons (Fsp3) is 0.667. The molecule has 1 rings (SSSR count). The Morgan fingerprint density at radius 2 is 2.00 bits per heavy atom. The molecule has 1 saturated heterocycles.